The van der Waals surface area contributed by atoms with E-state index in [0.29, 0.717) is 18.2 Å². The number of methoxy groups -OCH3 is 1. The third-order valence-electron chi connectivity index (χ3n) is 2.85. The Morgan fingerprint density at radius 2 is 2.35 bits per heavy atom. The Labute approximate surface area is 126 Å². The first-order chi connectivity index (χ1) is 9.72. The Bertz CT molecular complexity index is 412. The number of nitrogens with zero attached hydrogens (tertiary/aromatic N) is 2. The number of anilines is 1. The number of aromatic nitrogens is 1. The molecular weight excluding hydrogens is 274 g/mol. The molecule has 0 fully saturated rings. The number of halogens is 1. The van der Waals surface area contributed by atoms with Gasteiger partial charge in [-0.15, -0.1) is 6.58 Å². The van der Waals surface area contributed by atoms with Crippen molar-refractivity contribution >= 4 is 17.4 Å². The predicted octanol–water partition coefficient (Wildman–Crippen LogP) is 2.87. The van der Waals surface area contributed by atoms with Crippen molar-refractivity contribution in [2.24, 2.45) is 0 Å². The first kappa shape index (κ1) is 17.0. The van der Waals surface area contributed by atoms with Gasteiger partial charge < -0.3 is 15.0 Å². The highest BCUT2D eigenvalue weighted by molar-refractivity contribution is 6.33. The zero-order chi connectivity index (χ0) is 14.8. The maximum absolute atomic E-state index is 6.34. The van der Waals surface area contributed by atoms with Crippen LogP contribution < -0.4 is 10.2 Å². The number of hydrogen-bond acceptors (Lipinski definition) is 4. The lowest BCUT2D eigenvalue weighted by Crippen LogP contribution is -2.28. The maximum Gasteiger partial charge on any atom is 0.147 e. The molecule has 0 spiro atoms. The Kier molecular flexibility index (Phi) is 8.26. The van der Waals surface area contributed by atoms with Crippen LogP contribution in [-0.2, 0) is 11.3 Å². The first-order valence-electron chi connectivity index (χ1n) is 6.92. The summed E-state index contributed by atoms with van der Waals surface area (Å²) in [6, 6.07) is 1.97. The molecule has 1 N–H and O–H groups in total. The Morgan fingerprint density at radius 3 is 2.95 bits per heavy atom. The summed E-state index contributed by atoms with van der Waals surface area (Å²) in [5.74, 6) is 0.780. The van der Waals surface area contributed by atoms with E-state index in [4.69, 9.17) is 16.3 Å². The van der Waals surface area contributed by atoms with Crippen molar-refractivity contribution in [3.63, 3.8) is 0 Å². The summed E-state index contributed by atoms with van der Waals surface area (Å²) in [5.41, 5.74) is 1.09. The second kappa shape index (κ2) is 9.75. The van der Waals surface area contributed by atoms with Crippen LogP contribution in [0.4, 0.5) is 5.82 Å². The van der Waals surface area contributed by atoms with Crippen LogP contribution >= 0.6 is 11.6 Å². The minimum absolute atomic E-state index is 0.631. The lowest BCUT2D eigenvalue weighted by molar-refractivity contribution is 0.205. The van der Waals surface area contributed by atoms with Crippen molar-refractivity contribution in [2.75, 3.05) is 38.3 Å². The molecular formula is C15H24ClN3O. The summed E-state index contributed by atoms with van der Waals surface area (Å²) in [7, 11) is 1.68. The summed E-state index contributed by atoms with van der Waals surface area (Å²) >= 11 is 6.34. The average Bonchev–Trinajstić information content (AvgIpc) is 2.44. The molecule has 20 heavy (non-hydrogen) atoms. The van der Waals surface area contributed by atoms with Gasteiger partial charge in [0.1, 0.15) is 5.82 Å². The molecule has 112 valence electrons. The van der Waals surface area contributed by atoms with Crippen LogP contribution in [0.25, 0.3) is 0 Å². The van der Waals surface area contributed by atoms with Gasteiger partial charge in [-0.3, -0.25) is 0 Å². The molecule has 0 aromatic carbocycles. The van der Waals surface area contributed by atoms with E-state index < -0.39 is 0 Å². The first-order valence-corrected chi connectivity index (χ1v) is 7.30. The molecule has 0 unspecified atom stereocenters. The van der Waals surface area contributed by atoms with E-state index >= 15 is 0 Å². The summed E-state index contributed by atoms with van der Waals surface area (Å²) in [5, 5.41) is 4.00. The average molecular weight is 298 g/mol. The SMILES string of the molecule is C=CCN(CCOC)c1ncc(CNCCC)cc1Cl. The van der Waals surface area contributed by atoms with E-state index in [9.17, 15) is 0 Å². The van der Waals surface area contributed by atoms with E-state index in [2.05, 4.69) is 28.7 Å². The van der Waals surface area contributed by atoms with Crippen LogP contribution in [0.15, 0.2) is 24.9 Å². The number of nitrogens with one attached hydrogen (secondary N) is 1. The predicted molar refractivity (Wildman–Crippen MR) is 85.5 cm³/mol. The van der Waals surface area contributed by atoms with Crippen LogP contribution in [0.1, 0.15) is 18.9 Å². The van der Waals surface area contributed by atoms with Crippen molar-refractivity contribution < 1.29 is 4.74 Å². The van der Waals surface area contributed by atoms with Crippen molar-refractivity contribution in [1.82, 2.24) is 10.3 Å². The van der Waals surface area contributed by atoms with Crippen LogP contribution in [0.3, 0.4) is 0 Å². The van der Waals surface area contributed by atoms with Gasteiger partial charge in [-0.25, -0.2) is 4.98 Å². The van der Waals surface area contributed by atoms with Gasteiger partial charge in [0.2, 0.25) is 0 Å². The molecule has 0 atom stereocenters. The van der Waals surface area contributed by atoms with Gasteiger partial charge in [-0.05, 0) is 24.6 Å². The number of ether oxygens (including phenoxy) is 1. The third kappa shape index (κ3) is 5.49. The maximum atomic E-state index is 6.34. The van der Waals surface area contributed by atoms with Gasteiger partial charge in [0, 0.05) is 32.9 Å². The molecule has 0 aliphatic heterocycles. The highest BCUT2D eigenvalue weighted by Gasteiger charge is 2.11. The van der Waals surface area contributed by atoms with Gasteiger partial charge in [-0.2, -0.15) is 0 Å². The highest BCUT2D eigenvalue weighted by atomic mass is 35.5. The quantitative estimate of drug-likeness (QED) is 0.532. The molecule has 1 heterocycles. The molecule has 0 radical (unpaired) electrons. The number of rotatable bonds is 10. The van der Waals surface area contributed by atoms with Crippen LogP contribution in [-0.4, -0.2) is 38.3 Å². The smallest absolute Gasteiger partial charge is 0.147 e. The van der Waals surface area contributed by atoms with Gasteiger partial charge in [-0.1, -0.05) is 24.6 Å². The highest BCUT2D eigenvalue weighted by Crippen LogP contribution is 2.24. The second-order valence-corrected chi connectivity index (χ2v) is 4.96. The lowest BCUT2D eigenvalue weighted by Gasteiger charge is -2.23. The minimum Gasteiger partial charge on any atom is -0.383 e. The van der Waals surface area contributed by atoms with Crippen LogP contribution in [0.2, 0.25) is 5.02 Å². The Balaban J connectivity index is 2.75. The molecule has 1 aromatic rings. The Morgan fingerprint density at radius 1 is 1.55 bits per heavy atom. The molecule has 0 bridgehead atoms. The molecule has 4 nitrogen and oxygen atoms in total. The van der Waals surface area contributed by atoms with E-state index in [-0.39, 0.29) is 0 Å². The van der Waals surface area contributed by atoms with Crippen molar-refractivity contribution in [3.05, 3.63) is 35.5 Å². The topological polar surface area (TPSA) is 37.4 Å². The zero-order valence-corrected chi connectivity index (χ0v) is 13.1. The van der Waals surface area contributed by atoms with Crippen molar-refractivity contribution in [2.45, 2.75) is 19.9 Å². The lowest BCUT2D eigenvalue weighted by atomic mass is 10.2. The molecule has 0 amide bonds. The van der Waals surface area contributed by atoms with E-state index in [1.165, 1.54) is 0 Å². The van der Waals surface area contributed by atoms with Crippen LogP contribution in [0, 0.1) is 0 Å². The fourth-order valence-corrected chi connectivity index (χ4v) is 2.16. The minimum atomic E-state index is 0.631. The van der Waals surface area contributed by atoms with Crippen molar-refractivity contribution in [1.29, 1.82) is 0 Å². The normalized spacial score (nSPS) is 10.6. The fraction of sp³-hybridized carbons (Fsp3) is 0.533. The van der Waals surface area contributed by atoms with Gasteiger partial charge in [0.25, 0.3) is 0 Å². The largest absolute Gasteiger partial charge is 0.383 e. The standard InChI is InChI=1S/C15H24ClN3O/c1-4-6-17-11-13-10-14(16)15(18-12-13)19(7-5-2)8-9-20-3/h5,10,12,17H,2,4,6-9,11H2,1,3H3. The fourth-order valence-electron chi connectivity index (χ4n) is 1.85. The van der Waals surface area contributed by atoms with E-state index in [0.717, 1.165) is 37.4 Å². The second-order valence-electron chi connectivity index (χ2n) is 4.55. The van der Waals surface area contributed by atoms with Crippen molar-refractivity contribution in [3.8, 4) is 0 Å². The summed E-state index contributed by atoms with van der Waals surface area (Å²) in [4.78, 5) is 6.54. The third-order valence-corrected chi connectivity index (χ3v) is 3.13. The summed E-state index contributed by atoms with van der Waals surface area (Å²) < 4.78 is 5.11. The van der Waals surface area contributed by atoms with E-state index in [1.807, 2.05) is 18.3 Å². The molecule has 0 aliphatic rings. The molecule has 0 saturated carbocycles. The van der Waals surface area contributed by atoms with E-state index in [1.54, 1.807) is 7.11 Å². The zero-order valence-electron chi connectivity index (χ0n) is 12.4. The number of hydrogen-bond donors (Lipinski definition) is 1. The summed E-state index contributed by atoms with van der Waals surface area (Å²) in [6.45, 7) is 9.77. The van der Waals surface area contributed by atoms with Gasteiger partial charge in [0.15, 0.2) is 0 Å². The molecule has 0 aliphatic carbocycles. The monoisotopic (exact) mass is 297 g/mol. The molecule has 1 rings (SSSR count). The number of pyridine rings is 1. The molecule has 1 aromatic heterocycles. The summed E-state index contributed by atoms with van der Waals surface area (Å²) in [6.07, 6.45) is 4.82. The van der Waals surface area contributed by atoms with Gasteiger partial charge in [0.05, 0.1) is 11.6 Å². The van der Waals surface area contributed by atoms with Gasteiger partial charge >= 0.3 is 0 Å². The van der Waals surface area contributed by atoms with Crippen LogP contribution in [0.5, 0.6) is 0 Å². The Hall–Kier alpha value is -1.10. The molecule has 5 heteroatoms. The molecule has 0 saturated heterocycles.